The predicted molar refractivity (Wildman–Crippen MR) is 112 cm³/mol. The summed E-state index contributed by atoms with van der Waals surface area (Å²) in [6.45, 7) is 12.5. The van der Waals surface area contributed by atoms with Crippen molar-refractivity contribution < 1.29 is 0 Å². The number of fused-ring (bicyclic) bond motifs is 1. The highest BCUT2D eigenvalue weighted by Crippen LogP contribution is 2.35. The Morgan fingerprint density at radius 1 is 1.04 bits per heavy atom. The minimum absolute atomic E-state index is 0.613. The molecule has 0 aromatic carbocycles. The summed E-state index contributed by atoms with van der Waals surface area (Å²) in [5, 5.41) is 0. The van der Waals surface area contributed by atoms with E-state index in [4.69, 9.17) is 0 Å². The van der Waals surface area contributed by atoms with E-state index in [1.54, 1.807) is 6.33 Å². The van der Waals surface area contributed by atoms with Gasteiger partial charge in [-0.2, -0.15) is 0 Å². The Balaban J connectivity index is 0.000000948. The third-order valence-electron chi connectivity index (χ3n) is 5.79. The average Bonchev–Trinajstić information content (AvgIpc) is 3.06. The van der Waals surface area contributed by atoms with Gasteiger partial charge in [-0.05, 0) is 77.8 Å². The van der Waals surface area contributed by atoms with Crippen molar-refractivity contribution in [2.45, 2.75) is 52.4 Å². The van der Waals surface area contributed by atoms with Crippen LogP contribution in [0.1, 0.15) is 56.0 Å². The van der Waals surface area contributed by atoms with Crippen LogP contribution in [-0.4, -0.2) is 59.5 Å². The zero-order valence-corrected chi connectivity index (χ0v) is 17.7. The van der Waals surface area contributed by atoms with Crippen molar-refractivity contribution in [2.24, 2.45) is 5.92 Å². The number of likely N-dealkylation sites (tertiary alicyclic amines) is 2. The molecule has 2 aromatic rings. The van der Waals surface area contributed by atoms with Crippen LogP contribution in [0.3, 0.4) is 0 Å². The molecule has 2 fully saturated rings. The molecule has 0 spiro atoms. The van der Waals surface area contributed by atoms with Gasteiger partial charge in [0, 0.05) is 17.3 Å². The largest absolute Gasteiger partial charge is 0.306 e. The summed E-state index contributed by atoms with van der Waals surface area (Å²) in [4.78, 5) is 15.6. The quantitative estimate of drug-likeness (QED) is 0.789. The number of hydrogen-bond donors (Lipinski definition) is 0. The van der Waals surface area contributed by atoms with Gasteiger partial charge in [0.25, 0.3) is 0 Å². The molecule has 2 aromatic heterocycles. The minimum Gasteiger partial charge on any atom is -0.306 e. The second kappa shape index (κ2) is 9.25. The van der Waals surface area contributed by atoms with E-state index in [2.05, 4.69) is 39.8 Å². The zero-order chi connectivity index (χ0) is 18.5. The summed E-state index contributed by atoms with van der Waals surface area (Å²) in [6.07, 6.45) is 7.00. The fourth-order valence-corrected chi connectivity index (χ4v) is 5.31. The van der Waals surface area contributed by atoms with Gasteiger partial charge in [-0.3, -0.25) is 0 Å². The van der Waals surface area contributed by atoms with Gasteiger partial charge in [-0.1, -0.05) is 13.8 Å². The lowest BCUT2D eigenvalue weighted by Crippen LogP contribution is -2.40. The van der Waals surface area contributed by atoms with Gasteiger partial charge in [0.15, 0.2) is 0 Å². The number of hydrogen-bond acceptors (Lipinski definition) is 5. The third-order valence-corrected chi connectivity index (χ3v) is 6.85. The predicted octanol–water partition coefficient (Wildman–Crippen LogP) is 4.55. The number of nitrogens with zero attached hydrogens (tertiary/aromatic N) is 4. The second-order valence-corrected chi connectivity index (χ2v) is 8.91. The van der Waals surface area contributed by atoms with Crippen LogP contribution in [0.15, 0.2) is 12.4 Å². The molecule has 4 nitrogen and oxygen atoms in total. The van der Waals surface area contributed by atoms with Crippen LogP contribution >= 0.6 is 11.3 Å². The normalized spacial score (nSPS) is 20.9. The first-order chi connectivity index (χ1) is 12.7. The molecule has 0 unspecified atom stereocenters. The van der Waals surface area contributed by atoms with Crippen LogP contribution in [0, 0.1) is 12.8 Å². The van der Waals surface area contributed by atoms with E-state index in [1.165, 1.54) is 73.7 Å². The molecule has 0 atom stereocenters. The summed E-state index contributed by atoms with van der Waals surface area (Å²) in [5.41, 5.74) is 2.44. The van der Waals surface area contributed by atoms with Crippen molar-refractivity contribution in [3.8, 4) is 0 Å². The highest BCUT2D eigenvalue weighted by molar-refractivity contribution is 7.19. The number of rotatable bonds is 3. The van der Waals surface area contributed by atoms with Crippen LogP contribution in [-0.2, 0) is 0 Å². The molecule has 0 radical (unpaired) electrons. The second-order valence-electron chi connectivity index (χ2n) is 7.65. The van der Waals surface area contributed by atoms with Gasteiger partial charge >= 0.3 is 0 Å². The molecule has 5 heteroatoms. The average molecular weight is 375 g/mol. The van der Waals surface area contributed by atoms with Crippen LogP contribution in [0.2, 0.25) is 0 Å². The fourth-order valence-electron chi connectivity index (χ4n) is 4.28. The van der Waals surface area contributed by atoms with Crippen molar-refractivity contribution >= 4 is 21.6 Å². The van der Waals surface area contributed by atoms with Gasteiger partial charge in [-0.15, -0.1) is 11.3 Å². The lowest BCUT2D eigenvalue weighted by atomic mass is 9.91. The van der Waals surface area contributed by atoms with Crippen LogP contribution < -0.4 is 0 Å². The molecule has 26 heavy (non-hydrogen) atoms. The Hall–Kier alpha value is -1.04. The van der Waals surface area contributed by atoms with Gasteiger partial charge in [-0.25, -0.2) is 9.97 Å². The van der Waals surface area contributed by atoms with E-state index >= 15 is 0 Å². The summed E-state index contributed by atoms with van der Waals surface area (Å²) >= 11 is 1.86. The van der Waals surface area contributed by atoms with Crippen LogP contribution in [0.5, 0.6) is 0 Å². The monoisotopic (exact) mass is 374 g/mol. The first-order valence-corrected chi connectivity index (χ1v) is 11.1. The summed E-state index contributed by atoms with van der Waals surface area (Å²) in [7, 11) is 2.25. The maximum atomic E-state index is 4.67. The molecule has 2 aliphatic rings. The Labute approximate surface area is 162 Å². The molecule has 4 heterocycles. The van der Waals surface area contributed by atoms with Gasteiger partial charge in [0.2, 0.25) is 0 Å². The molecule has 2 saturated heterocycles. The molecule has 0 amide bonds. The fraction of sp³-hybridized carbons (Fsp3) is 0.714. The van der Waals surface area contributed by atoms with Crippen molar-refractivity contribution in [1.29, 1.82) is 0 Å². The van der Waals surface area contributed by atoms with Gasteiger partial charge < -0.3 is 9.80 Å². The maximum Gasteiger partial charge on any atom is 0.116 e. The third kappa shape index (κ3) is 4.62. The Morgan fingerprint density at radius 2 is 1.73 bits per heavy atom. The molecule has 0 saturated carbocycles. The van der Waals surface area contributed by atoms with E-state index in [0.717, 1.165) is 11.4 Å². The first kappa shape index (κ1) is 19.7. The van der Waals surface area contributed by atoms with E-state index in [-0.39, 0.29) is 0 Å². The number of piperidine rings is 2. The SMILES string of the molecule is CC.Cc1cc2ncnc(C3CCN(CC4CCN(C)CC4)CC3)c2s1. The van der Waals surface area contributed by atoms with Gasteiger partial charge in [0.05, 0.1) is 15.9 Å². The van der Waals surface area contributed by atoms with Crippen molar-refractivity contribution in [2.75, 3.05) is 39.8 Å². The Kier molecular flexibility index (Phi) is 7.01. The summed E-state index contributed by atoms with van der Waals surface area (Å²) in [5.74, 6) is 1.52. The topological polar surface area (TPSA) is 32.3 Å². The van der Waals surface area contributed by atoms with E-state index in [0.29, 0.717) is 5.92 Å². The Morgan fingerprint density at radius 3 is 2.42 bits per heavy atom. The van der Waals surface area contributed by atoms with E-state index < -0.39 is 0 Å². The number of aromatic nitrogens is 2. The maximum absolute atomic E-state index is 4.67. The summed E-state index contributed by atoms with van der Waals surface area (Å²) < 4.78 is 1.32. The Bertz CT molecular complexity index is 682. The molecular weight excluding hydrogens is 340 g/mol. The number of aryl methyl sites for hydroxylation is 1. The highest BCUT2D eigenvalue weighted by atomic mass is 32.1. The van der Waals surface area contributed by atoms with Crippen molar-refractivity contribution in [3.05, 3.63) is 23.0 Å². The van der Waals surface area contributed by atoms with Crippen molar-refractivity contribution in [1.82, 2.24) is 19.8 Å². The number of thiophene rings is 1. The van der Waals surface area contributed by atoms with Crippen LogP contribution in [0.4, 0.5) is 0 Å². The molecule has 4 rings (SSSR count). The standard InChI is InChI=1S/C19H28N4S.C2H6/c1-14-11-17-19(24-14)18(21-13-20-17)16-5-9-23(10-6-16)12-15-3-7-22(2)8-4-15;1-2/h11,13,15-16H,3-10,12H2,1-2H3;1-2H3. The minimum atomic E-state index is 0.613. The highest BCUT2D eigenvalue weighted by Gasteiger charge is 2.26. The lowest BCUT2D eigenvalue weighted by molar-refractivity contribution is 0.138. The van der Waals surface area contributed by atoms with E-state index in [9.17, 15) is 0 Å². The van der Waals surface area contributed by atoms with E-state index in [1.807, 2.05) is 25.2 Å². The molecule has 0 N–H and O–H groups in total. The lowest BCUT2D eigenvalue weighted by Gasteiger charge is -2.36. The molecule has 0 aliphatic carbocycles. The van der Waals surface area contributed by atoms with Crippen molar-refractivity contribution in [3.63, 3.8) is 0 Å². The van der Waals surface area contributed by atoms with Crippen LogP contribution in [0.25, 0.3) is 10.2 Å². The molecular formula is C21H34N4S. The smallest absolute Gasteiger partial charge is 0.116 e. The summed E-state index contributed by atoms with van der Waals surface area (Å²) in [6, 6.07) is 2.19. The zero-order valence-electron chi connectivity index (χ0n) is 16.9. The molecule has 2 aliphatic heterocycles. The first-order valence-electron chi connectivity index (χ1n) is 10.3. The molecule has 144 valence electrons. The van der Waals surface area contributed by atoms with Gasteiger partial charge in [0.1, 0.15) is 6.33 Å². The molecule has 0 bridgehead atoms.